The van der Waals surface area contributed by atoms with Gasteiger partial charge in [-0.3, -0.25) is 10.1 Å². The lowest BCUT2D eigenvalue weighted by molar-refractivity contribution is -0.384. The third kappa shape index (κ3) is 2.87. The van der Waals surface area contributed by atoms with Crippen LogP contribution in [0.3, 0.4) is 0 Å². The van der Waals surface area contributed by atoms with Crippen molar-refractivity contribution in [2.45, 2.75) is 26.9 Å². The van der Waals surface area contributed by atoms with Crippen molar-refractivity contribution >= 4 is 11.4 Å². The molecule has 1 N–H and O–H groups in total. The highest BCUT2D eigenvalue weighted by atomic mass is 16.6. The van der Waals surface area contributed by atoms with E-state index in [0.29, 0.717) is 12.2 Å². The fraction of sp³-hybridized carbons (Fsp3) is 0.333. The molecule has 0 bridgehead atoms. The lowest BCUT2D eigenvalue weighted by Gasteiger charge is -2.08. The van der Waals surface area contributed by atoms with Crippen molar-refractivity contribution in [1.82, 2.24) is 14.8 Å². The molecule has 7 nitrogen and oxygen atoms in total. The van der Waals surface area contributed by atoms with E-state index in [2.05, 4.69) is 15.5 Å². The van der Waals surface area contributed by atoms with Crippen LogP contribution in [0.5, 0.6) is 0 Å². The van der Waals surface area contributed by atoms with Crippen molar-refractivity contribution < 1.29 is 4.92 Å². The van der Waals surface area contributed by atoms with E-state index in [0.717, 1.165) is 17.9 Å². The van der Waals surface area contributed by atoms with E-state index in [9.17, 15) is 10.1 Å². The molecule has 0 radical (unpaired) electrons. The maximum Gasteiger partial charge on any atom is 0.292 e. The predicted octanol–water partition coefficient (Wildman–Crippen LogP) is 2.13. The Bertz CT molecular complexity index is 594. The molecule has 1 aromatic carbocycles. The Morgan fingerprint density at radius 1 is 1.47 bits per heavy atom. The molecular formula is C12H15N5O2. The van der Waals surface area contributed by atoms with Gasteiger partial charge in [-0.25, -0.2) is 0 Å². The van der Waals surface area contributed by atoms with Gasteiger partial charge in [-0.05, 0) is 25.5 Å². The molecule has 0 amide bonds. The summed E-state index contributed by atoms with van der Waals surface area (Å²) < 4.78 is 1.88. The zero-order valence-corrected chi connectivity index (χ0v) is 10.8. The Morgan fingerprint density at radius 2 is 2.26 bits per heavy atom. The number of benzene rings is 1. The van der Waals surface area contributed by atoms with Crippen molar-refractivity contribution in [3.05, 3.63) is 46.0 Å². The molecule has 19 heavy (non-hydrogen) atoms. The first-order chi connectivity index (χ1) is 9.11. The van der Waals surface area contributed by atoms with E-state index < -0.39 is 0 Å². The van der Waals surface area contributed by atoms with Gasteiger partial charge in [-0.1, -0.05) is 6.07 Å². The summed E-state index contributed by atoms with van der Waals surface area (Å²) in [7, 11) is 0. The molecule has 0 spiro atoms. The number of rotatable bonds is 5. The first-order valence-corrected chi connectivity index (χ1v) is 5.97. The molecule has 1 aromatic heterocycles. The largest absolute Gasteiger partial charge is 0.372 e. The van der Waals surface area contributed by atoms with E-state index in [1.54, 1.807) is 18.5 Å². The Labute approximate surface area is 110 Å². The standard InChI is InChI=1S/C12H15N5O2/c1-3-16-8-14-15-12(16)7-13-10-5-4-9(2)6-11(10)17(18)19/h4-6,8,13H,3,7H2,1-2H3. The molecule has 0 atom stereocenters. The molecule has 2 rings (SSSR count). The Balaban J connectivity index is 2.18. The number of aromatic nitrogens is 3. The van der Waals surface area contributed by atoms with Crippen molar-refractivity contribution in [3.8, 4) is 0 Å². The summed E-state index contributed by atoms with van der Waals surface area (Å²) in [6, 6.07) is 5.09. The van der Waals surface area contributed by atoms with Gasteiger partial charge >= 0.3 is 0 Å². The van der Waals surface area contributed by atoms with Gasteiger partial charge in [0.15, 0.2) is 5.82 Å². The Morgan fingerprint density at radius 3 is 2.95 bits per heavy atom. The average Bonchev–Trinajstić information content (AvgIpc) is 2.84. The van der Waals surface area contributed by atoms with Crippen molar-refractivity contribution in [2.24, 2.45) is 0 Å². The number of hydrogen-bond acceptors (Lipinski definition) is 5. The number of nitro groups is 1. The molecule has 0 unspecified atom stereocenters. The lowest BCUT2D eigenvalue weighted by Crippen LogP contribution is -2.08. The summed E-state index contributed by atoms with van der Waals surface area (Å²) in [6.07, 6.45) is 1.64. The van der Waals surface area contributed by atoms with Gasteiger partial charge in [0.05, 0.1) is 11.5 Å². The number of hydrogen-bond donors (Lipinski definition) is 1. The van der Waals surface area contributed by atoms with Crippen LogP contribution < -0.4 is 5.32 Å². The molecule has 2 aromatic rings. The number of aryl methyl sites for hydroxylation is 2. The van der Waals surface area contributed by atoms with Gasteiger partial charge in [0.1, 0.15) is 12.0 Å². The molecule has 0 fully saturated rings. The summed E-state index contributed by atoms with van der Waals surface area (Å²) in [6.45, 7) is 4.98. The molecule has 1 heterocycles. The van der Waals surface area contributed by atoms with Gasteiger partial charge in [-0.15, -0.1) is 10.2 Å². The number of nitrogens with one attached hydrogen (secondary N) is 1. The second-order valence-corrected chi connectivity index (χ2v) is 4.16. The van der Waals surface area contributed by atoms with Gasteiger partial charge in [0.2, 0.25) is 0 Å². The van der Waals surface area contributed by atoms with Crippen molar-refractivity contribution in [1.29, 1.82) is 0 Å². The second-order valence-electron chi connectivity index (χ2n) is 4.16. The van der Waals surface area contributed by atoms with Gasteiger partial charge < -0.3 is 9.88 Å². The predicted molar refractivity (Wildman–Crippen MR) is 70.9 cm³/mol. The zero-order chi connectivity index (χ0) is 13.8. The van der Waals surface area contributed by atoms with Crippen LogP contribution in [0, 0.1) is 17.0 Å². The average molecular weight is 261 g/mol. The smallest absolute Gasteiger partial charge is 0.292 e. The summed E-state index contributed by atoms with van der Waals surface area (Å²) in [5.74, 6) is 0.748. The minimum absolute atomic E-state index is 0.0718. The topological polar surface area (TPSA) is 85.9 Å². The number of anilines is 1. The molecule has 0 aliphatic rings. The fourth-order valence-electron chi connectivity index (χ4n) is 1.80. The molecule has 0 aliphatic carbocycles. The highest BCUT2D eigenvalue weighted by molar-refractivity contribution is 5.62. The van der Waals surface area contributed by atoms with E-state index in [1.165, 1.54) is 0 Å². The van der Waals surface area contributed by atoms with E-state index in [-0.39, 0.29) is 10.6 Å². The Hall–Kier alpha value is -2.44. The highest BCUT2D eigenvalue weighted by Crippen LogP contribution is 2.25. The Kier molecular flexibility index (Phi) is 3.74. The summed E-state index contributed by atoms with van der Waals surface area (Å²) in [5.41, 5.74) is 1.41. The fourth-order valence-corrected chi connectivity index (χ4v) is 1.80. The molecule has 7 heteroatoms. The maximum atomic E-state index is 11.0. The van der Waals surface area contributed by atoms with Gasteiger partial charge in [0, 0.05) is 12.6 Å². The lowest BCUT2D eigenvalue weighted by atomic mass is 10.2. The van der Waals surface area contributed by atoms with Crippen LogP contribution in [0.1, 0.15) is 18.3 Å². The van der Waals surface area contributed by atoms with Gasteiger partial charge in [-0.2, -0.15) is 0 Å². The minimum atomic E-state index is -0.389. The number of nitrogens with zero attached hydrogens (tertiary/aromatic N) is 4. The molecule has 0 saturated carbocycles. The van der Waals surface area contributed by atoms with Gasteiger partial charge in [0.25, 0.3) is 5.69 Å². The SMILES string of the molecule is CCn1cnnc1CNc1ccc(C)cc1[N+](=O)[O-]. The highest BCUT2D eigenvalue weighted by Gasteiger charge is 2.14. The van der Waals surface area contributed by atoms with Crippen LogP contribution in [0.15, 0.2) is 24.5 Å². The van der Waals surface area contributed by atoms with Crippen LogP contribution in [-0.4, -0.2) is 19.7 Å². The molecule has 0 aliphatic heterocycles. The number of nitro benzene ring substituents is 1. The molecule has 0 saturated heterocycles. The monoisotopic (exact) mass is 261 g/mol. The summed E-state index contributed by atoms with van der Waals surface area (Å²) in [4.78, 5) is 10.6. The van der Waals surface area contributed by atoms with E-state index >= 15 is 0 Å². The van der Waals surface area contributed by atoms with E-state index in [4.69, 9.17) is 0 Å². The normalized spacial score (nSPS) is 10.4. The first-order valence-electron chi connectivity index (χ1n) is 5.97. The van der Waals surface area contributed by atoms with Crippen LogP contribution in [0.2, 0.25) is 0 Å². The van der Waals surface area contributed by atoms with Crippen LogP contribution in [0.25, 0.3) is 0 Å². The third-order valence-corrected chi connectivity index (χ3v) is 2.82. The van der Waals surface area contributed by atoms with Crippen molar-refractivity contribution in [3.63, 3.8) is 0 Å². The van der Waals surface area contributed by atoms with Crippen molar-refractivity contribution in [2.75, 3.05) is 5.32 Å². The maximum absolute atomic E-state index is 11.0. The summed E-state index contributed by atoms with van der Waals surface area (Å²) >= 11 is 0. The minimum Gasteiger partial charge on any atom is -0.372 e. The molecule has 100 valence electrons. The zero-order valence-electron chi connectivity index (χ0n) is 10.8. The first kappa shape index (κ1) is 13.0. The molecular weight excluding hydrogens is 246 g/mol. The van der Waals surface area contributed by atoms with Crippen LogP contribution >= 0.6 is 0 Å². The second kappa shape index (κ2) is 5.47. The van der Waals surface area contributed by atoms with Crippen LogP contribution in [-0.2, 0) is 13.1 Å². The van der Waals surface area contributed by atoms with Crippen LogP contribution in [0.4, 0.5) is 11.4 Å². The third-order valence-electron chi connectivity index (χ3n) is 2.82. The quantitative estimate of drug-likeness (QED) is 0.658. The van der Waals surface area contributed by atoms with E-state index in [1.807, 2.05) is 24.5 Å². The summed E-state index contributed by atoms with van der Waals surface area (Å²) in [5, 5.41) is 21.8.